The molecule has 21 heavy (non-hydrogen) atoms. The molecule has 0 radical (unpaired) electrons. The van der Waals surface area contributed by atoms with E-state index < -0.39 is 0 Å². The van der Waals surface area contributed by atoms with Crippen molar-refractivity contribution in [3.63, 3.8) is 0 Å². The van der Waals surface area contributed by atoms with Gasteiger partial charge in [0.25, 0.3) is 0 Å². The highest BCUT2D eigenvalue weighted by Gasteiger charge is 2.27. The van der Waals surface area contributed by atoms with Crippen LogP contribution in [0.25, 0.3) is 0 Å². The first kappa shape index (κ1) is 16.2. The molecule has 0 amide bonds. The van der Waals surface area contributed by atoms with Gasteiger partial charge in [-0.2, -0.15) is 0 Å². The molecule has 1 aromatic carbocycles. The number of aliphatic hydroxyl groups is 1. The highest BCUT2D eigenvalue weighted by atomic mass is 19.1. The third-order valence-corrected chi connectivity index (χ3v) is 4.32. The minimum Gasteiger partial charge on any atom is -0.396 e. The lowest BCUT2D eigenvalue weighted by molar-refractivity contribution is 0.263. The fraction of sp³-hybridized carbons (Fsp3) is 0.647. The van der Waals surface area contributed by atoms with Crippen LogP contribution in [0.1, 0.15) is 44.7 Å². The van der Waals surface area contributed by atoms with Crippen LogP contribution < -0.4 is 10.2 Å². The first-order valence-corrected chi connectivity index (χ1v) is 8.05. The Kier molecular flexibility index (Phi) is 6.00. The van der Waals surface area contributed by atoms with Crippen molar-refractivity contribution < 1.29 is 9.50 Å². The van der Waals surface area contributed by atoms with Gasteiger partial charge in [-0.3, -0.25) is 0 Å². The molecule has 0 spiro atoms. The molecule has 118 valence electrons. The van der Waals surface area contributed by atoms with Gasteiger partial charge in [0.05, 0.1) is 5.69 Å². The number of anilines is 1. The monoisotopic (exact) mass is 294 g/mol. The van der Waals surface area contributed by atoms with Crippen LogP contribution in [0.5, 0.6) is 0 Å². The minimum atomic E-state index is -0.137. The smallest absolute Gasteiger partial charge is 0.146 e. The molecule has 0 saturated carbocycles. The second-order valence-electron chi connectivity index (χ2n) is 5.97. The predicted octanol–water partition coefficient (Wildman–Crippen LogP) is 3.10. The zero-order valence-corrected chi connectivity index (χ0v) is 13.1. The van der Waals surface area contributed by atoms with E-state index in [0.29, 0.717) is 5.92 Å². The zero-order valence-electron chi connectivity index (χ0n) is 13.1. The van der Waals surface area contributed by atoms with Crippen LogP contribution in [0.15, 0.2) is 18.2 Å². The first-order chi connectivity index (χ1) is 10.2. The van der Waals surface area contributed by atoms with Gasteiger partial charge in [-0.15, -0.1) is 0 Å². The van der Waals surface area contributed by atoms with Crippen LogP contribution >= 0.6 is 0 Å². The highest BCUT2D eigenvalue weighted by Crippen LogP contribution is 2.33. The van der Waals surface area contributed by atoms with Crippen molar-refractivity contribution in [2.24, 2.45) is 5.92 Å². The SMILES string of the molecule is CCCNC(C)c1cccc(F)c1N1CCC(CCO)C1. The molecule has 3 nitrogen and oxygen atoms in total. The van der Waals surface area contributed by atoms with Gasteiger partial charge in [0.2, 0.25) is 0 Å². The summed E-state index contributed by atoms with van der Waals surface area (Å²) in [7, 11) is 0. The average Bonchev–Trinajstić information content (AvgIpc) is 2.93. The lowest BCUT2D eigenvalue weighted by Crippen LogP contribution is -2.26. The van der Waals surface area contributed by atoms with Gasteiger partial charge in [-0.1, -0.05) is 19.1 Å². The van der Waals surface area contributed by atoms with Crippen LogP contribution in [0.2, 0.25) is 0 Å². The molecule has 1 fully saturated rings. The molecule has 1 aliphatic heterocycles. The molecule has 2 rings (SSSR count). The van der Waals surface area contributed by atoms with Crippen molar-refractivity contribution in [3.05, 3.63) is 29.6 Å². The van der Waals surface area contributed by atoms with Crippen molar-refractivity contribution in [2.45, 2.75) is 39.2 Å². The quantitative estimate of drug-likeness (QED) is 0.811. The van der Waals surface area contributed by atoms with E-state index in [9.17, 15) is 4.39 Å². The van der Waals surface area contributed by atoms with Crippen LogP contribution in [0, 0.1) is 11.7 Å². The number of benzene rings is 1. The summed E-state index contributed by atoms with van der Waals surface area (Å²) in [6.45, 7) is 7.09. The Balaban J connectivity index is 2.18. The van der Waals surface area contributed by atoms with E-state index in [1.54, 1.807) is 12.1 Å². The summed E-state index contributed by atoms with van der Waals surface area (Å²) in [5.41, 5.74) is 1.78. The molecular weight excluding hydrogens is 267 g/mol. The molecule has 0 bridgehead atoms. The average molecular weight is 294 g/mol. The maximum Gasteiger partial charge on any atom is 0.146 e. The second-order valence-corrected chi connectivity index (χ2v) is 5.97. The van der Waals surface area contributed by atoms with Crippen LogP contribution in [-0.4, -0.2) is 31.3 Å². The van der Waals surface area contributed by atoms with Crippen LogP contribution in [-0.2, 0) is 0 Å². The van der Waals surface area contributed by atoms with Crippen molar-refractivity contribution in [3.8, 4) is 0 Å². The van der Waals surface area contributed by atoms with E-state index in [1.807, 2.05) is 6.07 Å². The number of aliphatic hydroxyl groups excluding tert-OH is 1. The maximum absolute atomic E-state index is 14.4. The number of hydrogen-bond acceptors (Lipinski definition) is 3. The van der Waals surface area contributed by atoms with E-state index >= 15 is 0 Å². The topological polar surface area (TPSA) is 35.5 Å². The normalized spacial score (nSPS) is 20.0. The van der Waals surface area contributed by atoms with Gasteiger partial charge in [0, 0.05) is 25.7 Å². The maximum atomic E-state index is 14.4. The molecule has 1 aromatic rings. The van der Waals surface area contributed by atoms with Gasteiger partial charge in [-0.05, 0) is 50.3 Å². The lowest BCUT2D eigenvalue weighted by Gasteiger charge is -2.26. The third-order valence-electron chi connectivity index (χ3n) is 4.32. The fourth-order valence-corrected chi connectivity index (χ4v) is 3.14. The van der Waals surface area contributed by atoms with E-state index in [1.165, 1.54) is 0 Å². The van der Waals surface area contributed by atoms with Crippen molar-refractivity contribution in [1.29, 1.82) is 0 Å². The van der Waals surface area contributed by atoms with E-state index in [4.69, 9.17) is 5.11 Å². The summed E-state index contributed by atoms with van der Waals surface area (Å²) in [6.07, 6.45) is 2.91. The zero-order chi connectivity index (χ0) is 15.2. The van der Waals surface area contributed by atoms with Crippen LogP contribution in [0.4, 0.5) is 10.1 Å². The number of para-hydroxylation sites is 1. The molecule has 0 aromatic heterocycles. The molecule has 1 aliphatic rings. The Labute approximate surface area is 127 Å². The molecule has 2 unspecified atom stereocenters. The summed E-state index contributed by atoms with van der Waals surface area (Å²) < 4.78 is 14.4. The standard InChI is InChI=1S/C17H27FN2O/c1-3-9-19-13(2)15-5-4-6-16(18)17(15)20-10-7-14(12-20)8-11-21/h4-6,13-14,19,21H,3,7-12H2,1-2H3. The van der Waals surface area contributed by atoms with E-state index in [0.717, 1.165) is 50.1 Å². The van der Waals surface area contributed by atoms with Crippen molar-refractivity contribution in [1.82, 2.24) is 5.32 Å². The number of nitrogens with zero attached hydrogens (tertiary/aromatic N) is 1. The van der Waals surface area contributed by atoms with Gasteiger partial charge >= 0.3 is 0 Å². The Hall–Kier alpha value is -1.13. The summed E-state index contributed by atoms with van der Waals surface area (Å²) >= 11 is 0. The van der Waals surface area contributed by atoms with Crippen molar-refractivity contribution in [2.75, 3.05) is 31.1 Å². The van der Waals surface area contributed by atoms with E-state index in [2.05, 4.69) is 24.1 Å². The summed E-state index contributed by atoms with van der Waals surface area (Å²) in [4.78, 5) is 2.15. The number of halogens is 1. The fourth-order valence-electron chi connectivity index (χ4n) is 3.14. The summed E-state index contributed by atoms with van der Waals surface area (Å²) in [5, 5.41) is 12.5. The molecule has 2 atom stereocenters. The molecule has 1 saturated heterocycles. The van der Waals surface area contributed by atoms with Gasteiger partial charge in [0.1, 0.15) is 5.82 Å². The highest BCUT2D eigenvalue weighted by molar-refractivity contribution is 5.57. The number of hydrogen-bond donors (Lipinski definition) is 2. The molecule has 2 N–H and O–H groups in total. The lowest BCUT2D eigenvalue weighted by atomic mass is 10.0. The molecular formula is C17H27FN2O. The molecule has 1 heterocycles. The van der Waals surface area contributed by atoms with E-state index in [-0.39, 0.29) is 18.5 Å². The number of nitrogens with one attached hydrogen (secondary N) is 1. The van der Waals surface area contributed by atoms with Gasteiger partial charge < -0.3 is 15.3 Å². The minimum absolute atomic E-state index is 0.137. The predicted molar refractivity (Wildman–Crippen MR) is 85.1 cm³/mol. The second kappa shape index (κ2) is 7.76. The van der Waals surface area contributed by atoms with Crippen molar-refractivity contribution >= 4 is 5.69 Å². The molecule has 0 aliphatic carbocycles. The summed E-state index contributed by atoms with van der Waals surface area (Å²) in [6, 6.07) is 5.50. The molecule has 4 heteroatoms. The Morgan fingerprint density at radius 2 is 2.29 bits per heavy atom. The third kappa shape index (κ3) is 3.95. The Morgan fingerprint density at radius 1 is 1.48 bits per heavy atom. The largest absolute Gasteiger partial charge is 0.396 e. The van der Waals surface area contributed by atoms with Gasteiger partial charge in [0.15, 0.2) is 0 Å². The Bertz CT molecular complexity index is 452. The van der Waals surface area contributed by atoms with Crippen LogP contribution in [0.3, 0.4) is 0 Å². The first-order valence-electron chi connectivity index (χ1n) is 8.05. The Morgan fingerprint density at radius 3 is 3.00 bits per heavy atom. The van der Waals surface area contributed by atoms with Gasteiger partial charge in [-0.25, -0.2) is 4.39 Å². The number of rotatable bonds is 7. The summed E-state index contributed by atoms with van der Waals surface area (Å²) in [5.74, 6) is 0.337.